The molecule has 1 heterocycles. The number of hydrogen-bond donors (Lipinski definition) is 0. The topological polar surface area (TPSA) is 54.5 Å². The predicted molar refractivity (Wildman–Crippen MR) is 93.7 cm³/mol. The van der Waals surface area contributed by atoms with Crippen LogP contribution in [0.2, 0.25) is 5.02 Å². The van der Waals surface area contributed by atoms with Crippen molar-refractivity contribution in [3.8, 4) is 0 Å². The molecule has 0 fully saturated rings. The van der Waals surface area contributed by atoms with Crippen molar-refractivity contribution in [1.82, 2.24) is 0 Å². The van der Waals surface area contributed by atoms with Gasteiger partial charge in [-0.15, -0.1) is 0 Å². The van der Waals surface area contributed by atoms with Gasteiger partial charge in [0.15, 0.2) is 5.78 Å². The van der Waals surface area contributed by atoms with E-state index in [9.17, 15) is 13.2 Å². The van der Waals surface area contributed by atoms with E-state index < -0.39 is 10.0 Å². The van der Waals surface area contributed by atoms with Gasteiger partial charge >= 0.3 is 0 Å². The fourth-order valence-corrected chi connectivity index (χ4v) is 4.78. The van der Waals surface area contributed by atoms with E-state index in [0.29, 0.717) is 33.6 Å². The van der Waals surface area contributed by atoms with Gasteiger partial charge in [-0.25, -0.2) is 8.42 Å². The number of Topliss-reactive ketones (excluding diaryl/α,β-unsaturated/α-hetero) is 1. The van der Waals surface area contributed by atoms with Gasteiger partial charge in [-0.1, -0.05) is 23.7 Å². The quantitative estimate of drug-likeness (QED) is 0.737. The molecule has 0 aromatic heterocycles. The van der Waals surface area contributed by atoms with Gasteiger partial charge in [0.05, 0.1) is 15.6 Å². The second kappa shape index (κ2) is 6.26. The molecule has 0 N–H and O–H groups in total. The molecule has 2 aromatic rings. The number of carbonyl (C=O) groups excluding carboxylic acids is 1. The molecule has 23 heavy (non-hydrogen) atoms. The Morgan fingerprint density at radius 1 is 1.13 bits per heavy atom. The number of anilines is 1. The Morgan fingerprint density at radius 3 is 2.61 bits per heavy atom. The van der Waals surface area contributed by atoms with Gasteiger partial charge in [0.2, 0.25) is 0 Å². The minimum atomic E-state index is -3.77. The Kier molecular flexibility index (Phi) is 4.49. The number of benzene rings is 2. The number of nitrogens with zero attached hydrogens (tertiary/aromatic N) is 1. The summed E-state index contributed by atoms with van der Waals surface area (Å²) in [7, 11) is -3.77. The molecule has 0 saturated carbocycles. The molecular weight excluding hydrogens is 402 g/mol. The molecule has 0 saturated heterocycles. The highest BCUT2D eigenvalue weighted by Crippen LogP contribution is 2.33. The van der Waals surface area contributed by atoms with E-state index in [-0.39, 0.29) is 17.2 Å². The minimum absolute atomic E-state index is 0.0319. The normalized spacial score (nSPS) is 15.2. The molecule has 0 unspecified atom stereocenters. The second-order valence-electron chi connectivity index (χ2n) is 5.20. The molecule has 120 valence electrons. The summed E-state index contributed by atoms with van der Waals surface area (Å²) in [4.78, 5) is 12.3. The lowest BCUT2D eigenvalue weighted by molar-refractivity contribution is 0.0984. The highest BCUT2D eigenvalue weighted by atomic mass is 79.9. The van der Waals surface area contributed by atoms with E-state index in [1.807, 2.05) is 0 Å². The third kappa shape index (κ3) is 3.03. The van der Waals surface area contributed by atoms with Crippen LogP contribution in [0.5, 0.6) is 0 Å². The largest absolute Gasteiger partial charge is 0.294 e. The molecule has 3 rings (SSSR count). The number of ketones is 1. The first-order valence-electron chi connectivity index (χ1n) is 7.01. The zero-order valence-corrected chi connectivity index (χ0v) is 15.2. The van der Waals surface area contributed by atoms with Crippen LogP contribution in [0.3, 0.4) is 0 Å². The lowest BCUT2D eigenvalue weighted by atomic mass is 10.1. The van der Waals surface area contributed by atoms with E-state index >= 15 is 0 Å². The number of sulfonamides is 1. The molecule has 0 bridgehead atoms. The average molecular weight is 415 g/mol. The van der Waals surface area contributed by atoms with Crippen LogP contribution in [0.15, 0.2) is 51.8 Å². The van der Waals surface area contributed by atoms with Crippen molar-refractivity contribution in [3.05, 3.63) is 57.5 Å². The van der Waals surface area contributed by atoms with Gasteiger partial charge in [0, 0.05) is 23.0 Å². The number of fused-ring (bicyclic) bond motifs is 1. The zero-order valence-electron chi connectivity index (χ0n) is 12.0. The Balaban J connectivity index is 2.14. The SMILES string of the molecule is O=C1CCCN(S(=O)(=O)c2ccc(Cl)c(Br)c2)c2ccccc21. The molecule has 1 aliphatic rings. The molecule has 0 spiro atoms. The molecule has 0 amide bonds. The summed E-state index contributed by atoms with van der Waals surface area (Å²) in [6, 6.07) is 11.3. The van der Waals surface area contributed by atoms with Gasteiger partial charge < -0.3 is 0 Å². The lowest BCUT2D eigenvalue weighted by Crippen LogP contribution is -2.31. The van der Waals surface area contributed by atoms with Gasteiger partial charge in [0.1, 0.15) is 0 Å². The Bertz CT molecular complexity index is 883. The summed E-state index contributed by atoms with van der Waals surface area (Å²) in [5.74, 6) is -0.0319. The zero-order chi connectivity index (χ0) is 16.6. The van der Waals surface area contributed by atoms with Gasteiger partial charge in [0.25, 0.3) is 10.0 Å². The summed E-state index contributed by atoms with van der Waals surface area (Å²) in [6.07, 6.45) is 0.828. The first-order valence-corrected chi connectivity index (χ1v) is 9.62. The van der Waals surface area contributed by atoms with Crippen molar-refractivity contribution in [2.75, 3.05) is 10.8 Å². The summed E-state index contributed by atoms with van der Waals surface area (Å²) < 4.78 is 27.9. The molecule has 0 aliphatic carbocycles. The number of para-hydroxylation sites is 1. The van der Waals surface area contributed by atoms with Crippen molar-refractivity contribution in [2.24, 2.45) is 0 Å². The van der Waals surface area contributed by atoms with Crippen LogP contribution in [0, 0.1) is 0 Å². The van der Waals surface area contributed by atoms with E-state index in [1.165, 1.54) is 22.5 Å². The van der Waals surface area contributed by atoms with Crippen LogP contribution in [0.1, 0.15) is 23.2 Å². The molecule has 0 radical (unpaired) electrons. The number of carbonyl (C=O) groups is 1. The Labute approximate surface area is 148 Å². The smallest absolute Gasteiger partial charge is 0.264 e. The monoisotopic (exact) mass is 413 g/mol. The van der Waals surface area contributed by atoms with Crippen LogP contribution in [-0.2, 0) is 10.0 Å². The third-order valence-corrected chi connectivity index (χ3v) is 6.74. The third-order valence-electron chi connectivity index (χ3n) is 3.72. The minimum Gasteiger partial charge on any atom is -0.294 e. The van der Waals surface area contributed by atoms with Crippen LogP contribution >= 0.6 is 27.5 Å². The molecule has 2 aromatic carbocycles. The average Bonchev–Trinajstić information content (AvgIpc) is 2.70. The second-order valence-corrected chi connectivity index (χ2v) is 8.32. The maximum absolute atomic E-state index is 13.0. The maximum atomic E-state index is 13.0. The molecule has 4 nitrogen and oxygen atoms in total. The number of halogens is 2. The fourth-order valence-electron chi connectivity index (χ4n) is 2.58. The van der Waals surface area contributed by atoms with Gasteiger partial charge in [-0.3, -0.25) is 9.10 Å². The van der Waals surface area contributed by atoms with Crippen LogP contribution in [0.25, 0.3) is 0 Å². The highest BCUT2D eigenvalue weighted by Gasteiger charge is 2.30. The van der Waals surface area contributed by atoms with Crippen molar-refractivity contribution < 1.29 is 13.2 Å². The molecule has 7 heteroatoms. The standard InChI is InChI=1S/C16H13BrClNO3S/c17-13-10-11(7-8-14(13)18)23(21,22)19-9-3-6-16(20)12-4-1-2-5-15(12)19/h1-2,4-5,7-8,10H,3,6,9H2. The van der Waals surface area contributed by atoms with E-state index in [0.717, 1.165) is 0 Å². The van der Waals surface area contributed by atoms with Gasteiger partial charge in [-0.05, 0) is 52.7 Å². The van der Waals surface area contributed by atoms with E-state index in [2.05, 4.69) is 15.9 Å². The fraction of sp³-hybridized carbons (Fsp3) is 0.188. The summed E-state index contributed by atoms with van der Waals surface area (Å²) >= 11 is 9.19. The van der Waals surface area contributed by atoms with E-state index in [4.69, 9.17) is 11.6 Å². The highest BCUT2D eigenvalue weighted by molar-refractivity contribution is 9.10. The molecule has 0 atom stereocenters. The number of rotatable bonds is 2. The number of hydrogen-bond acceptors (Lipinski definition) is 3. The van der Waals surface area contributed by atoms with Crippen LogP contribution in [-0.4, -0.2) is 20.7 Å². The molecule has 1 aliphatic heterocycles. The van der Waals surface area contributed by atoms with Gasteiger partial charge in [-0.2, -0.15) is 0 Å². The van der Waals surface area contributed by atoms with Crippen molar-refractivity contribution >= 4 is 49.0 Å². The predicted octanol–water partition coefficient (Wildman–Crippen LogP) is 4.27. The Morgan fingerprint density at radius 2 is 1.87 bits per heavy atom. The Hall–Kier alpha value is -1.37. The summed E-state index contributed by atoms with van der Waals surface area (Å²) in [5.41, 5.74) is 0.877. The maximum Gasteiger partial charge on any atom is 0.264 e. The summed E-state index contributed by atoms with van der Waals surface area (Å²) in [5, 5.41) is 0.440. The summed E-state index contributed by atoms with van der Waals surface area (Å²) in [6.45, 7) is 0.269. The van der Waals surface area contributed by atoms with Crippen LogP contribution < -0.4 is 4.31 Å². The van der Waals surface area contributed by atoms with Crippen molar-refractivity contribution in [3.63, 3.8) is 0 Å². The lowest BCUT2D eigenvalue weighted by Gasteiger charge is -2.24. The van der Waals surface area contributed by atoms with E-state index in [1.54, 1.807) is 24.3 Å². The molecular formula is C16H13BrClNO3S. The first kappa shape index (κ1) is 16.5. The van der Waals surface area contributed by atoms with Crippen molar-refractivity contribution in [2.45, 2.75) is 17.7 Å². The van der Waals surface area contributed by atoms with Crippen LogP contribution in [0.4, 0.5) is 5.69 Å². The first-order chi connectivity index (χ1) is 10.9. The van der Waals surface area contributed by atoms with Crippen molar-refractivity contribution in [1.29, 1.82) is 0 Å².